The SMILES string of the molecule is Brc1cnn(C2CC2)c1. The Bertz CT molecular complexity index is 215. The van der Waals surface area contributed by atoms with E-state index in [4.69, 9.17) is 0 Å². The molecule has 1 aliphatic rings. The van der Waals surface area contributed by atoms with Gasteiger partial charge >= 0.3 is 0 Å². The molecule has 0 amide bonds. The van der Waals surface area contributed by atoms with Crippen molar-refractivity contribution in [1.29, 1.82) is 0 Å². The monoisotopic (exact) mass is 186 g/mol. The Labute approximate surface area is 62.0 Å². The third kappa shape index (κ3) is 1.01. The maximum atomic E-state index is 4.15. The highest BCUT2D eigenvalue weighted by Crippen LogP contribution is 2.34. The number of rotatable bonds is 1. The highest BCUT2D eigenvalue weighted by Gasteiger charge is 2.23. The van der Waals surface area contributed by atoms with Crippen molar-refractivity contribution >= 4 is 15.9 Å². The molecule has 1 heterocycles. The minimum Gasteiger partial charge on any atom is -0.269 e. The lowest BCUT2D eigenvalue weighted by Gasteiger charge is -1.91. The van der Waals surface area contributed by atoms with Gasteiger partial charge in [-0.2, -0.15) is 5.10 Å². The van der Waals surface area contributed by atoms with Gasteiger partial charge in [0.2, 0.25) is 0 Å². The molecule has 9 heavy (non-hydrogen) atoms. The van der Waals surface area contributed by atoms with E-state index in [0.29, 0.717) is 6.04 Å². The third-order valence-electron chi connectivity index (χ3n) is 1.49. The second kappa shape index (κ2) is 1.84. The molecule has 3 heteroatoms. The molecule has 0 N–H and O–H groups in total. The first-order chi connectivity index (χ1) is 4.36. The van der Waals surface area contributed by atoms with Gasteiger partial charge in [-0.25, -0.2) is 0 Å². The Balaban J connectivity index is 2.28. The van der Waals surface area contributed by atoms with E-state index in [-0.39, 0.29) is 0 Å². The highest BCUT2D eigenvalue weighted by atomic mass is 79.9. The smallest absolute Gasteiger partial charge is 0.0632 e. The van der Waals surface area contributed by atoms with E-state index in [0.717, 1.165) is 4.47 Å². The van der Waals surface area contributed by atoms with Crippen LogP contribution in [0.4, 0.5) is 0 Å². The fourth-order valence-corrected chi connectivity index (χ4v) is 1.15. The van der Waals surface area contributed by atoms with Crippen LogP contribution < -0.4 is 0 Å². The van der Waals surface area contributed by atoms with Gasteiger partial charge in [-0.05, 0) is 28.8 Å². The zero-order valence-corrected chi connectivity index (χ0v) is 6.50. The summed E-state index contributed by atoms with van der Waals surface area (Å²) < 4.78 is 3.10. The minimum atomic E-state index is 0.705. The molecular formula is C6H7BrN2. The summed E-state index contributed by atoms with van der Waals surface area (Å²) in [6.45, 7) is 0. The number of aromatic nitrogens is 2. The predicted molar refractivity (Wildman–Crippen MR) is 38.2 cm³/mol. The van der Waals surface area contributed by atoms with Crippen LogP contribution in [0, 0.1) is 0 Å². The van der Waals surface area contributed by atoms with Gasteiger partial charge in [0.05, 0.1) is 16.7 Å². The first-order valence-corrected chi connectivity index (χ1v) is 3.85. The molecule has 1 aliphatic carbocycles. The van der Waals surface area contributed by atoms with Crippen LogP contribution in [-0.4, -0.2) is 9.78 Å². The second-order valence-electron chi connectivity index (χ2n) is 2.37. The van der Waals surface area contributed by atoms with Gasteiger partial charge in [0, 0.05) is 6.20 Å². The van der Waals surface area contributed by atoms with Crippen LogP contribution in [0.3, 0.4) is 0 Å². The fraction of sp³-hybridized carbons (Fsp3) is 0.500. The zero-order valence-electron chi connectivity index (χ0n) is 4.92. The third-order valence-corrected chi connectivity index (χ3v) is 1.90. The van der Waals surface area contributed by atoms with Crippen molar-refractivity contribution in [3.05, 3.63) is 16.9 Å². The quantitative estimate of drug-likeness (QED) is 0.657. The largest absolute Gasteiger partial charge is 0.269 e. The molecule has 0 aromatic carbocycles. The molecule has 0 atom stereocenters. The summed E-state index contributed by atoms with van der Waals surface area (Å²) in [6, 6.07) is 0.705. The maximum Gasteiger partial charge on any atom is 0.0632 e. The number of nitrogens with zero attached hydrogens (tertiary/aromatic N) is 2. The summed E-state index contributed by atoms with van der Waals surface area (Å²) in [5.74, 6) is 0. The molecular weight excluding hydrogens is 180 g/mol. The van der Waals surface area contributed by atoms with E-state index in [2.05, 4.69) is 21.0 Å². The van der Waals surface area contributed by atoms with E-state index < -0.39 is 0 Å². The summed E-state index contributed by atoms with van der Waals surface area (Å²) in [4.78, 5) is 0. The van der Waals surface area contributed by atoms with Gasteiger partial charge in [0.15, 0.2) is 0 Å². The van der Waals surface area contributed by atoms with Crippen molar-refractivity contribution in [2.75, 3.05) is 0 Å². The van der Waals surface area contributed by atoms with E-state index in [1.54, 1.807) is 0 Å². The molecule has 1 aromatic heterocycles. The average Bonchev–Trinajstić information content (AvgIpc) is 2.58. The van der Waals surface area contributed by atoms with E-state index in [1.807, 2.05) is 17.1 Å². The van der Waals surface area contributed by atoms with Crippen LogP contribution in [0.25, 0.3) is 0 Å². The van der Waals surface area contributed by atoms with Gasteiger partial charge in [0.25, 0.3) is 0 Å². The van der Waals surface area contributed by atoms with Crippen molar-refractivity contribution in [2.45, 2.75) is 18.9 Å². The highest BCUT2D eigenvalue weighted by molar-refractivity contribution is 9.10. The summed E-state index contributed by atoms with van der Waals surface area (Å²) in [5, 5.41) is 4.15. The first kappa shape index (κ1) is 5.47. The van der Waals surface area contributed by atoms with Crippen LogP contribution in [-0.2, 0) is 0 Å². The Morgan fingerprint density at radius 1 is 1.67 bits per heavy atom. The molecule has 0 aliphatic heterocycles. The van der Waals surface area contributed by atoms with Crippen LogP contribution in [0.15, 0.2) is 16.9 Å². The topological polar surface area (TPSA) is 17.8 Å². The van der Waals surface area contributed by atoms with Crippen molar-refractivity contribution in [2.24, 2.45) is 0 Å². The summed E-state index contributed by atoms with van der Waals surface area (Å²) in [5.41, 5.74) is 0. The van der Waals surface area contributed by atoms with Crippen LogP contribution in [0.1, 0.15) is 18.9 Å². The van der Waals surface area contributed by atoms with E-state index in [1.165, 1.54) is 12.8 Å². The molecule has 1 aromatic rings. The molecule has 0 unspecified atom stereocenters. The normalized spacial score (nSPS) is 18.3. The van der Waals surface area contributed by atoms with Gasteiger partial charge in [-0.1, -0.05) is 0 Å². The van der Waals surface area contributed by atoms with Crippen molar-refractivity contribution < 1.29 is 0 Å². The van der Waals surface area contributed by atoms with Crippen LogP contribution in [0.2, 0.25) is 0 Å². The second-order valence-corrected chi connectivity index (χ2v) is 3.29. The molecule has 0 saturated heterocycles. The van der Waals surface area contributed by atoms with Crippen LogP contribution >= 0.6 is 15.9 Å². The standard InChI is InChI=1S/C6H7BrN2/c7-5-3-8-9(4-5)6-1-2-6/h3-4,6H,1-2H2. The predicted octanol–water partition coefficient (Wildman–Crippen LogP) is 1.98. The zero-order chi connectivity index (χ0) is 6.27. The lowest BCUT2D eigenvalue weighted by molar-refractivity contribution is 0.641. The van der Waals surface area contributed by atoms with Crippen molar-refractivity contribution in [1.82, 2.24) is 9.78 Å². The van der Waals surface area contributed by atoms with Gasteiger partial charge < -0.3 is 0 Å². The molecule has 0 bridgehead atoms. The molecule has 2 rings (SSSR count). The Morgan fingerprint density at radius 2 is 2.44 bits per heavy atom. The number of hydrogen-bond acceptors (Lipinski definition) is 1. The van der Waals surface area contributed by atoms with Crippen molar-refractivity contribution in [3.8, 4) is 0 Å². The molecule has 0 spiro atoms. The Kier molecular flexibility index (Phi) is 1.12. The Morgan fingerprint density at radius 3 is 2.89 bits per heavy atom. The molecule has 1 fully saturated rings. The van der Waals surface area contributed by atoms with Crippen molar-refractivity contribution in [3.63, 3.8) is 0 Å². The first-order valence-electron chi connectivity index (χ1n) is 3.06. The average molecular weight is 187 g/mol. The van der Waals surface area contributed by atoms with Gasteiger partial charge in [-0.15, -0.1) is 0 Å². The summed E-state index contributed by atoms with van der Waals surface area (Å²) in [7, 11) is 0. The Hall–Kier alpha value is -0.310. The number of halogens is 1. The molecule has 2 nitrogen and oxygen atoms in total. The summed E-state index contributed by atoms with van der Waals surface area (Å²) >= 11 is 3.34. The lowest BCUT2D eigenvalue weighted by atomic mass is 10.7. The lowest BCUT2D eigenvalue weighted by Crippen LogP contribution is -1.91. The van der Waals surface area contributed by atoms with Gasteiger partial charge in [-0.3, -0.25) is 4.68 Å². The van der Waals surface area contributed by atoms with Crippen LogP contribution in [0.5, 0.6) is 0 Å². The van der Waals surface area contributed by atoms with Gasteiger partial charge in [0.1, 0.15) is 0 Å². The number of hydrogen-bond donors (Lipinski definition) is 0. The minimum absolute atomic E-state index is 0.705. The summed E-state index contributed by atoms with van der Waals surface area (Å²) in [6.07, 6.45) is 6.46. The molecule has 48 valence electrons. The molecule has 0 radical (unpaired) electrons. The molecule has 1 saturated carbocycles. The van der Waals surface area contributed by atoms with E-state index in [9.17, 15) is 0 Å². The fourth-order valence-electron chi connectivity index (χ4n) is 0.854. The maximum absolute atomic E-state index is 4.15. The van der Waals surface area contributed by atoms with E-state index >= 15 is 0 Å².